The van der Waals surface area contributed by atoms with Crippen LogP contribution in [0.15, 0.2) is 61.1 Å². The predicted octanol–water partition coefficient (Wildman–Crippen LogP) is 3.16. The van der Waals surface area contributed by atoms with Gasteiger partial charge in [0.1, 0.15) is 12.5 Å². The van der Waals surface area contributed by atoms with Gasteiger partial charge in [0.15, 0.2) is 17.3 Å². The van der Waals surface area contributed by atoms with Gasteiger partial charge in [0, 0.05) is 11.1 Å². The van der Waals surface area contributed by atoms with E-state index >= 15 is 0 Å². The van der Waals surface area contributed by atoms with Crippen LogP contribution in [0.5, 0.6) is 11.5 Å². The quantitative estimate of drug-likeness (QED) is 0.754. The zero-order valence-corrected chi connectivity index (χ0v) is 9.50. The first kappa shape index (κ1) is 10.6. The number of carbonyl (C=O) groups excluding carboxylic acids is 1. The molecule has 0 unspecified atom stereocenters. The predicted molar refractivity (Wildman–Crippen MR) is 66.7 cm³/mol. The average molecular weight is 238 g/mol. The van der Waals surface area contributed by atoms with Crippen molar-refractivity contribution < 1.29 is 14.3 Å². The molecular formula is C15H10O3. The van der Waals surface area contributed by atoms with Crippen LogP contribution in [0.3, 0.4) is 0 Å². The summed E-state index contributed by atoms with van der Waals surface area (Å²) in [5, 5.41) is 0. The molecule has 3 heteroatoms. The first-order valence-corrected chi connectivity index (χ1v) is 5.57. The second-order valence-electron chi connectivity index (χ2n) is 3.86. The van der Waals surface area contributed by atoms with E-state index in [1.54, 1.807) is 30.3 Å². The number of ether oxygens (including phenoxy) is 2. The topological polar surface area (TPSA) is 35.5 Å². The highest BCUT2D eigenvalue weighted by atomic mass is 16.5. The van der Waals surface area contributed by atoms with Crippen LogP contribution in [-0.4, -0.2) is 5.78 Å². The molecule has 0 saturated carbocycles. The van der Waals surface area contributed by atoms with Crippen LogP contribution in [0.1, 0.15) is 15.9 Å². The van der Waals surface area contributed by atoms with Crippen molar-refractivity contribution in [3.05, 3.63) is 72.2 Å². The maximum absolute atomic E-state index is 12.2. The van der Waals surface area contributed by atoms with Crippen LogP contribution in [0.4, 0.5) is 0 Å². The average Bonchev–Trinajstić information content (AvgIpc) is 2.47. The molecule has 0 spiro atoms. The number of hydrogen-bond acceptors (Lipinski definition) is 3. The molecule has 0 aromatic heterocycles. The summed E-state index contributed by atoms with van der Waals surface area (Å²) in [6, 6.07) is 14.3. The Morgan fingerprint density at radius 1 is 0.778 bits per heavy atom. The molecule has 0 bridgehead atoms. The van der Waals surface area contributed by atoms with Gasteiger partial charge in [-0.1, -0.05) is 30.3 Å². The first-order valence-electron chi connectivity index (χ1n) is 5.57. The molecule has 88 valence electrons. The molecule has 3 nitrogen and oxygen atoms in total. The molecule has 0 aliphatic carbocycles. The Labute approximate surface area is 104 Å². The number of ketones is 1. The largest absolute Gasteiger partial charge is 0.458 e. The zero-order valence-electron chi connectivity index (χ0n) is 9.50. The van der Waals surface area contributed by atoms with E-state index in [4.69, 9.17) is 9.47 Å². The van der Waals surface area contributed by atoms with Gasteiger partial charge in [0.2, 0.25) is 0 Å². The Balaban J connectivity index is 1.97. The molecule has 3 rings (SSSR count). The lowest BCUT2D eigenvalue weighted by Crippen LogP contribution is -2.03. The van der Waals surface area contributed by atoms with Gasteiger partial charge in [-0.25, -0.2) is 0 Å². The van der Waals surface area contributed by atoms with Gasteiger partial charge < -0.3 is 9.47 Å². The van der Waals surface area contributed by atoms with E-state index in [0.717, 1.165) is 0 Å². The Kier molecular flexibility index (Phi) is 2.57. The lowest BCUT2D eigenvalue weighted by atomic mass is 10.0. The molecule has 0 fully saturated rings. The van der Waals surface area contributed by atoms with Gasteiger partial charge in [0.25, 0.3) is 0 Å². The Hall–Kier alpha value is -2.55. The van der Waals surface area contributed by atoms with Crippen molar-refractivity contribution in [1.82, 2.24) is 0 Å². The van der Waals surface area contributed by atoms with Gasteiger partial charge in [-0.3, -0.25) is 4.79 Å². The van der Waals surface area contributed by atoms with Crippen molar-refractivity contribution in [2.24, 2.45) is 0 Å². The third-order valence-electron chi connectivity index (χ3n) is 2.69. The van der Waals surface area contributed by atoms with Crippen molar-refractivity contribution in [2.45, 2.75) is 0 Å². The standard InChI is InChI=1S/C15H10O3/c16-15(11-4-2-1-3-5-11)12-6-7-13-14(10-12)18-9-8-17-13/h1-10H. The maximum atomic E-state index is 12.2. The highest BCUT2D eigenvalue weighted by Gasteiger charge is 2.14. The highest BCUT2D eigenvalue weighted by Crippen LogP contribution is 2.31. The van der Waals surface area contributed by atoms with Crippen molar-refractivity contribution in [3.63, 3.8) is 0 Å². The number of carbonyl (C=O) groups is 1. The van der Waals surface area contributed by atoms with Gasteiger partial charge in [-0.15, -0.1) is 0 Å². The third-order valence-corrected chi connectivity index (χ3v) is 2.69. The molecule has 0 saturated heterocycles. The molecule has 18 heavy (non-hydrogen) atoms. The molecule has 2 aromatic carbocycles. The number of hydrogen-bond donors (Lipinski definition) is 0. The van der Waals surface area contributed by atoms with Crippen LogP contribution >= 0.6 is 0 Å². The van der Waals surface area contributed by atoms with Gasteiger partial charge in [-0.05, 0) is 18.2 Å². The highest BCUT2D eigenvalue weighted by molar-refractivity contribution is 6.09. The van der Waals surface area contributed by atoms with Gasteiger partial charge in [-0.2, -0.15) is 0 Å². The molecular weight excluding hydrogens is 228 g/mol. The number of fused-ring (bicyclic) bond motifs is 1. The third kappa shape index (κ3) is 1.86. The lowest BCUT2D eigenvalue weighted by molar-refractivity contribution is 0.103. The van der Waals surface area contributed by atoms with E-state index in [1.165, 1.54) is 12.5 Å². The van der Waals surface area contributed by atoms with Crippen LogP contribution < -0.4 is 9.47 Å². The molecule has 0 N–H and O–H groups in total. The fourth-order valence-electron chi connectivity index (χ4n) is 1.80. The first-order chi connectivity index (χ1) is 8.84. The van der Waals surface area contributed by atoms with Gasteiger partial charge >= 0.3 is 0 Å². The van der Waals surface area contributed by atoms with E-state index in [1.807, 2.05) is 18.2 Å². The number of benzene rings is 2. The van der Waals surface area contributed by atoms with Crippen molar-refractivity contribution in [2.75, 3.05) is 0 Å². The maximum Gasteiger partial charge on any atom is 0.193 e. The summed E-state index contributed by atoms with van der Waals surface area (Å²) >= 11 is 0. The second kappa shape index (κ2) is 4.37. The smallest absolute Gasteiger partial charge is 0.193 e. The fraction of sp³-hybridized carbons (Fsp3) is 0. The molecule has 1 aliphatic heterocycles. The van der Waals surface area contributed by atoms with Crippen LogP contribution in [0.25, 0.3) is 0 Å². The molecule has 0 radical (unpaired) electrons. The summed E-state index contributed by atoms with van der Waals surface area (Å²) in [5.41, 5.74) is 1.24. The van der Waals surface area contributed by atoms with Crippen molar-refractivity contribution in [3.8, 4) is 11.5 Å². The Morgan fingerprint density at radius 2 is 1.50 bits per heavy atom. The Bertz CT molecular complexity index is 615. The molecule has 0 amide bonds. The fourth-order valence-corrected chi connectivity index (χ4v) is 1.80. The van der Waals surface area contributed by atoms with Crippen LogP contribution in [0.2, 0.25) is 0 Å². The van der Waals surface area contributed by atoms with E-state index in [9.17, 15) is 4.79 Å². The molecule has 1 aliphatic rings. The SMILES string of the molecule is O=C(c1ccccc1)c1ccc2c(c1)OC=CO2. The summed E-state index contributed by atoms with van der Waals surface area (Å²) in [5.74, 6) is 1.14. The van der Waals surface area contributed by atoms with E-state index in [0.29, 0.717) is 22.6 Å². The summed E-state index contributed by atoms with van der Waals surface area (Å²) in [6.07, 6.45) is 2.90. The minimum Gasteiger partial charge on any atom is -0.458 e. The molecule has 1 heterocycles. The van der Waals surface area contributed by atoms with Crippen LogP contribution in [0, 0.1) is 0 Å². The van der Waals surface area contributed by atoms with E-state index in [2.05, 4.69) is 0 Å². The van der Waals surface area contributed by atoms with E-state index < -0.39 is 0 Å². The molecule has 2 aromatic rings. The van der Waals surface area contributed by atoms with Crippen molar-refractivity contribution >= 4 is 5.78 Å². The number of rotatable bonds is 2. The summed E-state index contributed by atoms with van der Waals surface area (Å²) in [7, 11) is 0. The summed E-state index contributed by atoms with van der Waals surface area (Å²) in [4.78, 5) is 12.2. The summed E-state index contributed by atoms with van der Waals surface area (Å²) < 4.78 is 10.5. The zero-order chi connectivity index (χ0) is 12.4. The minimum absolute atomic E-state index is 0.0310. The second-order valence-corrected chi connectivity index (χ2v) is 3.86. The monoisotopic (exact) mass is 238 g/mol. The van der Waals surface area contributed by atoms with Crippen LogP contribution in [-0.2, 0) is 0 Å². The summed E-state index contributed by atoms with van der Waals surface area (Å²) in [6.45, 7) is 0. The van der Waals surface area contributed by atoms with E-state index in [-0.39, 0.29) is 5.78 Å². The Morgan fingerprint density at radius 3 is 2.28 bits per heavy atom. The lowest BCUT2D eigenvalue weighted by Gasteiger charge is -2.12. The normalized spacial score (nSPS) is 12.2. The minimum atomic E-state index is -0.0310. The molecule has 0 atom stereocenters. The van der Waals surface area contributed by atoms with Gasteiger partial charge in [0.05, 0.1) is 0 Å². The van der Waals surface area contributed by atoms with Crippen molar-refractivity contribution in [1.29, 1.82) is 0 Å².